The molecule has 0 N–H and O–H groups in total. The monoisotopic (exact) mass is 893 g/mol. The Kier molecular flexibility index (Phi) is 8.74. The fourth-order valence-electron chi connectivity index (χ4n) is 15.7. The summed E-state index contributed by atoms with van der Waals surface area (Å²) in [7, 11) is 0. The summed E-state index contributed by atoms with van der Waals surface area (Å²) in [5.41, 5.74) is 25.3. The molecule has 3 nitrogen and oxygen atoms in total. The topological polar surface area (TPSA) is 9.72 Å². The zero-order valence-electron chi connectivity index (χ0n) is 40.8. The maximum Gasteiger partial charge on any atom is 0.252 e. The van der Waals surface area contributed by atoms with Gasteiger partial charge in [-0.3, -0.25) is 0 Å². The average Bonchev–Trinajstić information content (AvgIpc) is 3.75. The number of aryl methyl sites for hydroxylation is 2. The van der Waals surface area contributed by atoms with Crippen molar-refractivity contribution < 1.29 is 0 Å². The first-order chi connectivity index (χ1) is 33.6. The second kappa shape index (κ2) is 14.6. The van der Waals surface area contributed by atoms with E-state index in [2.05, 4.69) is 225 Å². The van der Waals surface area contributed by atoms with Gasteiger partial charge in [0.15, 0.2) is 0 Å². The minimum atomic E-state index is -0.197. The van der Waals surface area contributed by atoms with Crippen LogP contribution in [-0.4, -0.2) is 17.8 Å². The van der Waals surface area contributed by atoms with E-state index in [0.717, 1.165) is 19.3 Å². The molecule has 14 rings (SSSR count). The Bertz CT molecular complexity index is 3400. The summed E-state index contributed by atoms with van der Waals surface area (Å²) in [6.07, 6.45) is 9.56. The van der Waals surface area contributed by atoms with Crippen molar-refractivity contribution in [3.05, 3.63) is 204 Å². The lowest BCUT2D eigenvalue weighted by Gasteiger charge is -2.54. The zero-order chi connectivity index (χ0) is 46.4. The predicted molar refractivity (Wildman–Crippen MR) is 292 cm³/mol. The smallest absolute Gasteiger partial charge is 0.252 e. The van der Waals surface area contributed by atoms with Crippen LogP contribution >= 0.6 is 0 Å². The maximum absolute atomic E-state index is 2.94. The highest BCUT2D eigenvalue weighted by Crippen LogP contribution is 2.66. The van der Waals surface area contributed by atoms with Crippen LogP contribution in [0.5, 0.6) is 0 Å². The molecule has 4 heteroatoms. The summed E-state index contributed by atoms with van der Waals surface area (Å²) < 4.78 is 0. The molecule has 0 amide bonds. The van der Waals surface area contributed by atoms with Crippen LogP contribution in [0.15, 0.2) is 176 Å². The fraction of sp³-hybridized carbons (Fsp3) is 0.262. The van der Waals surface area contributed by atoms with Gasteiger partial charge in [0.1, 0.15) is 0 Å². The fourth-order valence-corrected chi connectivity index (χ4v) is 15.7. The molecule has 0 saturated heterocycles. The summed E-state index contributed by atoms with van der Waals surface area (Å²) in [4.78, 5) is 8.48. The zero-order valence-corrected chi connectivity index (χ0v) is 40.8. The van der Waals surface area contributed by atoms with E-state index >= 15 is 0 Å². The van der Waals surface area contributed by atoms with Crippen LogP contribution in [0, 0.1) is 13.8 Å². The Balaban J connectivity index is 1.12. The number of hydrogen-bond donors (Lipinski definition) is 0. The molecule has 8 aromatic rings. The van der Waals surface area contributed by atoms with E-state index in [9.17, 15) is 0 Å². The number of rotatable bonds is 5. The van der Waals surface area contributed by atoms with Gasteiger partial charge in [0.25, 0.3) is 6.71 Å². The third-order valence-corrected chi connectivity index (χ3v) is 18.8. The highest BCUT2D eigenvalue weighted by molar-refractivity contribution is 7.00. The van der Waals surface area contributed by atoms with Crippen molar-refractivity contribution in [1.29, 1.82) is 0 Å². The van der Waals surface area contributed by atoms with Crippen molar-refractivity contribution in [2.24, 2.45) is 0 Å². The second-order valence-corrected chi connectivity index (χ2v) is 22.2. The van der Waals surface area contributed by atoms with Gasteiger partial charge in [-0.2, -0.15) is 0 Å². The molecule has 0 bridgehead atoms. The number of nitrogens with zero attached hydrogens (tertiary/aromatic N) is 3. The third kappa shape index (κ3) is 5.36. The largest absolute Gasteiger partial charge is 0.335 e. The highest BCUT2D eigenvalue weighted by Gasteiger charge is 2.65. The van der Waals surface area contributed by atoms with Crippen LogP contribution in [0.25, 0.3) is 22.3 Å². The molecule has 8 aromatic carbocycles. The summed E-state index contributed by atoms with van der Waals surface area (Å²) in [5, 5.41) is 0. The van der Waals surface area contributed by atoms with Crippen LogP contribution in [0.4, 0.5) is 39.8 Å². The molecule has 338 valence electrons. The summed E-state index contributed by atoms with van der Waals surface area (Å²) in [6.45, 7) is 12.6. The summed E-state index contributed by atoms with van der Waals surface area (Å²) in [6, 6.07) is 68.1. The first-order valence-electron chi connectivity index (χ1n) is 25.9. The van der Waals surface area contributed by atoms with E-state index in [0.29, 0.717) is 0 Å². The summed E-state index contributed by atoms with van der Waals surface area (Å²) in [5.74, 6) is 0. The SMILES string of the molecule is Cc1cc(C)c2c(c1)N(c1cc3c4c(c1)N1c5c(cccc5C5(c6ccccc6)CCCCC15C)B4c1ccc(-c4ccccc4)cc1N3c1cccc(-c3ccccc3)c1)C1(C)CCCCC21C. The summed E-state index contributed by atoms with van der Waals surface area (Å²) >= 11 is 0. The molecule has 2 fully saturated rings. The lowest BCUT2D eigenvalue weighted by molar-refractivity contribution is 0.194. The molecule has 0 radical (unpaired) electrons. The van der Waals surface area contributed by atoms with Crippen LogP contribution in [0.2, 0.25) is 0 Å². The molecule has 4 unspecified atom stereocenters. The molecule has 6 aliphatic rings. The van der Waals surface area contributed by atoms with E-state index in [1.54, 1.807) is 5.56 Å². The third-order valence-electron chi connectivity index (χ3n) is 18.8. The van der Waals surface area contributed by atoms with Gasteiger partial charge in [-0.15, -0.1) is 0 Å². The Morgan fingerprint density at radius 3 is 1.84 bits per heavy atom. The first kappa shape index (κ1) is 41.2. The van der Waals surface area contributed by atoms with E-state index < -0.39 is 0 Å². The van der Waals surface area contributed by atoms with Crippen molar-refractivity contribution >= 4 is 62.9 Å². The molecule has 4 heterocycles. The van der Waals surface area contributed by atoms with Crippen LogP contribution < -0.4 is 31.1 Å². The molecule has 4 aliphatic heterocycles. The number of anilines is 7. The average molecular weight is 894 g/mol. The van der Waals surface area contributed by atoms with Gasteiger partial charge >= 0.3 is 0 Å². The van der Waals surface area contributed by atoms with E-state index in [1.165, 1.54) is 133 Å². The van der Waals surface area contributed by atoms with Crippen LogP contribution in [0.1, 0.15) is 100.0 Å². The first-order valence-corrected chi connectivity index (χ1v) is 25.9. The Morgan fingerprint density at radius 2 is 1.09 bits per heavy atom. The maximum atomic E-state index is 2.94. The van der Waals surface area contributed by atoms with Gasteiger partial charge in [0.2, 0.25) is 0 Å². The molecular weight excluding hydrogens is 834 g/mol. The Morgan fingerprint density at radius 1 is 0.449 bits per heavy atom. The standard InChI is InChI=1S/C65H60BN3/c1-43-37-44(2)59-56(38-43)68(63(4)34-16-15-33-62(59,63)3)51-41-57-60-58(42-51)69-61-52(65(49-26-13-8-14-27-49)36-18-17-35-64(65,69)5)29-20-30-54(61)66(60)53-32-31-48(46-23-11-7-12-24-46)40-55(53)67(57)50-28-19-25-47(39-50)45-21-9-6-10-22-45/h6-14,19-32,37-42H,15-18,33-36H2,1-5H3. The van der Waals surface area contributed by atoms with Gasteiger partial charge < -0.3 is 14.7 Å². The van der Waals surface area contributed by atoms with Gasteiger partial charge in [-0.05, 0) is 156 Å². The van der Waals surface area contributed by atoms with E-state index in [-0.39, 0.29) is 28.6 Å². The van der Waals surface area contributed by atoms with Gasteiger partial charge in [0, 0.05) is 50.6 Å². The minimum Gasteiger partial charge on any atom is -0.335 e. The Labute approximate surface area is 409 Å². The van der Waals surface area contributed by atoms with Crippen molar-refractivity contribution in [2.75, 3.05) is 14.7 Å². The van der Waals surface area contributed by atoms with Gasteiger partial charge in [-0.25, -0.2) is 0 Å². The lowest BCUT2D eigenvalue weighted by atomic mass is 9.33. The van der Waals surface area contributed by atoms with Crippen molar-refractivity contribution in [2.45, 2.75) is 108 Å². The lowest BCUT2D eigenvalue weighted by Crippen LogP contribution is -2.65. The number of fused-ring (bicyclic) bond motifs is 10. The number of benzene rings is 8. The molecule has 69 heavy (non-hydrogen) atoms. The highest BCUT2D eigenvalue weighted by atomic mass is 15.3. The predicted octanol–water partition coefficient (Wildman–Crippen LogP) is 14.8. The van der Waals surface area contributed by atoms with Gasteiger partial charge in [0.05, 0.1) is 11.1 Å². The molecule has 0 spiro atoms. The van der Waals surface area contributed by atoms with Crippen molar-refractivity contribution in [3.63, 3.8) is 0 Å². The normalized spacial score (nSPS) is 24.5. The Hall–Kier alpha value is -6.78. The van der Waals surface area contributed by atoms with E-state index in [1.807, 2.05) is 0 Å². The number of para-hydroxylation sites is 1. The van der Waals surface area contributed by atoms with E-state index in [4.69, 9.17) is 0 Å². The van der Waals surface area contributed by atoms with Crippen molar-refractivity contribution in [3.8, 4) is 22.3 Å². The molecular formula is C65H60BN3. The van der Waals surface area contributed by atoms with Gasteiger partial charge in [-0.1, -0.05) is 172 Å². The molecule has 2 aliphatic carbocycles. The molecule has 2 saturated carbocycles. The van der Waals surface area contributed by atoms with Crippen LogP contribution in [-0.2, 0) is 10.8 Å². The minimum absolute atomic E-state index is 0.0140. The number of hydrogen-bond acceptors (Lipinski definition) is 3. The molecule has 4 atom stereocenters. The quantitative estimate of drug-likeness (QED) is 0.159. The second-order valence-electron chi connectivity index (χ2n) is 22.2. The van der Waals surface area contributed by atoms with Crippen molar-refractivity contribution in [1.82, 2.24) is 0 Å². The molecule has 0 aromatic heterocycles. The van der Waals surface area contributed by atoms with Crippen LogP contribution in [0.3, 0.4) is 0 Å².